The van der Waals surface area contributed by atoms with E-state index in [9.17, 15) is 5.11 Å². The summed E-state index contributed by atoms with van der Waals surface area (Å²) in [6, 6.07) is 9.79. The molecule has 0 saturated carbocycles. The Balaban J connectivity index is 1.55. The first-order valence-corrected chi connectivity index (χ1v) is 6.75. The highest BCUT2D eigenvalue weighted by Crippen LogP contribution is 2.18. The van der Waals surface area contributed by atoms with Gasteiger partial charge in [-0.05, 0) is 24.8 Å². The van der Waals surface area contributed by atoms with Crippen molar-refractivity contribution in [3.05, 3.63) is 35.9 Å². The zero-order chi connectivity index (χ0) is 12.6. The first kappa shape index (κ1) is 13.5. The molecule has 1 saturated heterocycles. The van der Waals surface area contributed by atoms with Crippen LogP contribution >= 0.6 is 0 Å². The van der Waals surface area contributed by atoms with Gasteiger partial charge < -0.3 is 14.6 Å². The molecule has 0 amide bonds. The monoisotopic (exact) mass is 250 g/mol. The zero-order valence-electron chi connectivity index (χ0n) is 10.8. The Morgan fingerprint density at radius 1 is 1.33 bits per heavy atom. The van der Waals surface area contributed by atoms with Gasteiger partial charge in [-0.3, -0.25) is 0 Å². The standard InChI is InChI=1S/C15H22O3/c16-15(14-5-2-1-3-6-14)7-4-9-17-11-13-8-10-18-12-13/h1-3,5-6,13,15-16H,4,7-12H2. The molecule has 0 bridgehead atoms. The number of aliphatic hydroxyl groups excluding tert-OH is 1. The summed E-state index contributed by atoms with van der Waals surface area (Å²) in [6.45, 7) is 3.23. The Morgan fingerprint density at radius 3 is 2.89 bits per heavy atom. The molecule has 1 aliphatic rings. The molecule has 2 unspecified atom stereocenters. The van der Waals surface area contributed by atoms with Crippen LogP contribution in [0.1, 0.15) is 30.9 Å². The van der Waals surface area contributed by atoms with Gasteiger partial charge in [0.1, 0.15) is 0 Å². The summed E-state index contributed by atoms with van der Waals surface area (Å²) in [5.74, 6) is 0.573. The minimum atomic E-state index is -0.371. The molecule has 3 nitrogen and oxygen atoms in total. The third-order valence-corrected chi connectivity index (χ3v) is 3.33. The summed E-state index contributed by atoms with van der Waals surface area (Å²) in [5, 5.41) is 9.96. The molecule has 1 N–H and O–H groups in total. The largest absolute Gasteiger partial charge is 0.388 e. The van der Waals surface area contributed by atoms with Crippen LogP contribution in [0.5, 0.6) is 0 Å². The predicted octanol–water partition coefficient (Wildman–Crippen LogP) is 2.55. The highest BCUT2D eigenvalue weighted by Gasteiger charge is 2.15. The fourth-order valence-corrected chi connectivity index (χ4v) is 2.19. The zero-order valence-corrected chi connectivity index (χ0v) is 10.8. The van der Waals surface area contributed by atoms with Crippen molar-refractivity contribution in [3.63, 3.8) is 0 Å². The number of rotatable bonds is 7. The van der Waals surface area contributed by atoms with E-state index in [0.29, 0.717) is 5.92 Å². The Labute approximate surface area is 109 Å². The molecular weight excluding hydrogens is 228 g/mol. The molecule has 1 heterocycles. The topological polar surface area (TPSA) is 38.7 Å². The highest BCUT2D eigenvalue weighted by molar-refractivity contribution is 5.16. The SMILES string of the molecule is OC(CCCOCC1CCOC1)c1ccccc1. The van der Waals surface area contributed by atoms with Crippen molar-refractivity contribution in [3.8, 4) is 0 Å². The molecule has 1 aromatic rings. The second-order valence-electron chi connectivity index (χ2n) is 4.87. The number of ether oxygens (including phenoxy) is 2. The molecule has 18 heavy (non-hydrogen) atoms. The summed E-state index contributed by atoms with van der Waals surface area (Å²) < 4.78 is 10.9. The van der Waals surface area contributed by atoms with E-state index in [4.69, 9.17) is 9.47 Å². The smallest absolute Gasteiger partial charge is 0.0790 e. The van der Waals surface area contributed by atoms with Gasteiger partial charge in [0.15, 0.2) is 0 Å². The maximum atomic E-state index is 9.96. The van der Waals surface area contributed by atoms with Crippen molar-refractivity contribution >= 4 is 0 Å². The quantitative estimate of drug-likeness (QED) is 0.756. The van der Waals surface area contributed by atoms with Gasteiger partial charge in [0.2, 0.25) is 0 Å². The van der Waals surface area contributed by atoms with Crippen molar-refractivity contribution < 1.29 is 14.6 Å². The number of aliphatic hydroxyl groups is 1. The van der Waals surface area contributed by atoms with E-state index in [1.807, 2.05) is 30.3 Å². The minimum absolute atomic E-state index is 0.371. The fourth-order valence-electron chi connectivity index (χ4n) is 2.19. The van der Waals surface area contributed by atoms with E-state index in [0.717, 1.165) is 51.3 Å². The van der Waals surface area contributed by atoms with Gasteiger partial charge in [-0.1, -0.05) is 30.3 Å². The lowest BCUT2D eigenvalue weighted by Crippen LogP contribution is -2.10. The fraction of sp³-hybridized carbons (Fsp3) is 0.600. The van der Waals surface area contributed by atoms with Gasteiger partial charge in [0.25, 0.3) is 0 Å². The van der Waals surface area contributed by atoms with Gasteiger partial charge in [-0.15, -0.1) is 0 Å². The lowest BCUT2D eigenvalue weighted by molar-refractivity contribution is 0.0766. The van der Waals surface area contributed by atoms with Crippen LogP contribution in [0.25, 0.3) is 0 Å². The molecule has 0 aliphatic carbocycles. The summed E-state index contributed by atoms with van der Waals surface area (Å²) in [4.78, 5) is 0. The van der Waals surface area contributed by atoms with Gasteiger partial charge in [-0.25, -0.2) is 0 Å². The van der Waals surface area contributed by atoms with Gasteiger partial charge in [0.05, 0.1) is 19.3 Å². The van der Waals surface area contributed by atoms with E-state index in [-0.39, 0.29) is 6.10 Å². The molecule has 1 aliphatic heterocycles. The molecular formula is C15H22O3. The van der Waals surface area contributed by atoms with Crippen molar-refractivity contribution in [1.82, 2.24) is 0 Å². The van der Waals surface area contributed by atoms with Crippen LogP contribution in [0.4, 0.5) is 0 Å². The summed E-state index contributed by atoms with van der Waals surface area (Å²) >= 11 is 0. The van der Waals surface area contributed by atoms with E-state index in [1.165, 1.54) is 0 Å². The van der Waals surface area contributed by atoms with Gasteiger partial charge >= 0.3 is 0 Å². The number of benzene rings is 1. The Hall–Kier alpha value is -0.900. The molecule has 1 fully saturated rings. The molecule has 3 heteroatoms. The van der Waals surface area contributed by atoms with Crippen molar-refractivity contribution in [2.45, 2.75) is 25.4 Å². The average molecular weight is 250 g/mol. The van der Waals surface area contributed by atoms with Crippen LogP contribution in [0, 0.1) is 5.92 Å². The maximum absolute atomic E-state index is 9.96. The Bertz CT molecular complexity index is 320. The van der Waals surface area contributed by atoms with Crippen LogP contribution in [0.2, 0.25) is 0 Å². The second-order valence-corrected chi connectivity index (χ2v) is 4.87. The molecule has 2 atom stereocenters. The van der Waals surface area contributed by atoms with Crippen molar-refractivity contribution in [1.29, 1.82) is 0 Å². The summed E-state index contributed by atoms with van der Waals surface area (Å²) in [6.07, 6.45) is 2.39. The Morgan fingerprint density at radius 2 is 2.17 bits per heavy atom. The third kappa shape index (κ3) is 4.41. The third-order valence-electron chi connectivity index (χ3n) is 3.33. The van der Waals surface area contributed by atoms with Gasteiger partial charge in [0, 0.05) is 19.1 Å². The molecule has 0 radical (unpaired) electrons. The van der Waals surface area contributed by atoms with Crippen LogP contribution in [0.15, 0.2) is 30.3 Å². The highest BCUT2D eigenvalue weighted by atomic mass is 16.5. The van der Waals surface area contributed by atoms with Gasteiger partial charge in [-0.2, -0.15) is 0 Å². The Kier molecular flexibility index (Phi) is 5.65. The van der Waals surface area contributed by atoms with E-state index >= 15 is 0 Å². The second kappa shape index (κ2) is 7.52. The normalized spacial score (nSPS) is 21.1. The lowest BCUT2D eigenvalue weighted by atomic mass is 10.1. The van der Waals surface area contributed by atoms with Crippen LogP contribution < -0.4 is 0 Å². The maximum Gasteiger partial charge on any atom is 0.0790 e. The molecule has 0 spiro atoms. The predicted molar refractivity (Wildman–Crippen MR) is 70.4 cm³/mol. The van der Waals surface area contributed by atoms with Crippen molar-refractivity contribution in [2.24, 2.45) is 5.92 Å². The van der Waals surface area contributed by atoms with Crippen molar-refractivity contribution in [2.75, 3.05) is 26.4 Å². The van der Waals surface area contributed by atoms with E-state index < -0.39 is 0 Å². The first-order valence-electron chi connectivity index (χ1n) is 6.75. The molecule has 0 aromatic heterocycles. The van der Waals surface area contributed by atoms with E-state index in [1.54, 1.807) is 0 Å². The molecule has 100 valence electrons. The minimum Gasteiger partial charge on any atom is -0.388 e. The number of hydrogen-bond donors (Lipinski definition) is 1. The van der Waals surface area contributed by atoms with Crippen LogP contribution in [0.3, 0.4) is 0 Å². The lowest BCUT2D eigenvalue weighted by Gasteiger charge is -2.12. The average Bonchev–Trinajstić information content (AvgIpc) is 2.92. The van der Waals surface area contributed by atoms with Crippen LogP contribution in [-0.2, 0) is 9.47 Å². The van der Waals surface area contributed by atoms with Crippen LogP contribution in [-0.4, -0.2) is 31.5 Å². The molecule has 1 aromatic carbocycles. The summed E-state index contributed by atoms with van der Waals surface area (Å²) in [7, 11) is 0. The first-order chi connectivity index (χ1) is 8.86. The summed E-state index contributed by atoms with van der Waals surface area (Å²) in [5.41, 5.74) is 0.988. The number of hydrogen-bond acceptors (Lipinski definition) is 3. The molecule has 2 rings (SSSR count). The van der Waals surface area contributed by atoms with E-state index in [2.05, 4.69) is 0 Å².